The monoisotopic (exact) mass is 720 g/mol. The predicted octanol–water partition coefficient (Wildman–Crippen LogP) is 1.02. The van der Waals surface area contributed by atoms with Crippen LogP contribution in [0.5, 0.6) is 5.88 Å². The second-order valence-corrected chi connectivity index (χ2v) is 14.5. The van der Waals surface area contributed by atoms with Gasteiger partial charge >= 0.3 is 0 Å². The minimum Gasteiger partial charge on any atom is -0.494 e. The third-order valence-electron chi connectivity index (χ3n) is 10.8. The fraction of sp³-hybridized carbons (Fsp3) is 0.632. The average Bonchev–Trinajstić information content (AvgIpc) is 3.14. The van der Waals surface area contributed by atoms with E-state index in [1.54, 1.807) is 26.4 Å². The molecular weight excluding hydrogens is 664 g/mol. The third kappa shape index (κ3) is 8.12. The summed E-state index contributed by atoms with van der Waals surface area (Å²) in [6.45, 7) is 11.9. The van der Waals surface area contributed by atoms with Crippen LogP contribution >= 0.6 is 0 Å². The van der Waals surface area contributed by atoms with Crippen molar-refractivity contribution in [2.45, 2.75) is 38.8 Å². The van der Waals surface area contributed by atoms with Gasteiger partial charge in [0, 0.05) is 128 Å². The van der Waals surface area contributed by atoms with Crippen LogP contribution in [0.25, 0.3) is 32.7 Å². The van der Waals surface area contributed by atoms with Crippen LogP contribution < -0.4 is 27.4 Å². The maximum atomic E-state index is 14.5. The molecule has 0 saturated carbocycles. The molecule has 6 rings (SSSR count). The Kier molecular flexibility index (Phi) is 12.8. The van der Waals surface area contributed by atoms with Crippen LogP contribution in [0.3, 0.4) is 0 Å². The lowest BCUT2D eigenvalue weighted by atomic mass is 9.89. The van der Waals surface area contributed by atoms with E-state index in [9.17, 15) is 19.5 Å². The van der Waals surface area contributed by atoms with Crippen LogP contribution in [0.4, 0.5) is 5.69 Å². The number of aromatic nitrogens is 2. The number of nitrogens with one attached hydrogen (secondary N) is 1. The SMILES string of the molecule is COCCCN=c1cc2c(=O)n(CCCN3CCN(C)CC3)c(=O)c3c(NCCCOC)cc4c(O)n(CCCN5CCN(C)CC5)c(=O)c1c4c3-2. The Bertz CT molecular complexity index is 2000. The van der Waals surface area contributed by atoms with Gasteiger partial charge in [-0.25, -0.2) is 0 Å². The molecule has 14 heteroatoms. The Morgan fingerprint density at radius 1 is 0.692 bits per heavy atom. The fourth-order valence-corrected chi connectivity index (χ4v) is 7.72. The standard InChI is InChI=1S/C38H56N8O6/c1-41-15-19-43(20-16-41)11-7-13-45-35(47)27-25-30(40-10-6-24-52-4)34-32-28(26-29(39-9-5-23-51-3)33(31(27)32)37(45)49)36(48)46(38(34)50)14-8-12-44-21-17-42(2)18-22-44/h25-26,39,48H,5-24H2,1-4H3. The van der Waals surface area contributed by atoms with Crippen LogP contribution in [-0.2, 0) is 22.6 Å². The lowest BCUT2D eigenvalue weighted by Crippen LogP contribution is -2.45. The van der Waals surface area contributed by atoms with Crippen LogP contribution in [0.15, 0.2) is 31.5 Å². The summed E-state index contributed by atoms with van der Waals surface area (Å²) in [6.07, 6.45) is 2.65. The van der Waals surface area contributed by atoms with Gasteiger partial charge in [0.2, 0.25) is 5.88 Å². The lowest BCUT2D eigenvalue weighted by molar-refractivity contribution is 0.151. The molecule has 14 nitrogen and oxygen atoms in total. The molecule has 1 aliphatic carbocycles. The molecule has 2 N–H and O–H groups in total. The molecule has 2 saturated heterocycles. The quantitative estimate of drug-likeness (QED) is 0.120. The highest BCUT2D eigenvalue weighted by Crippen LogP contribution is 2.40. The number of methoxy groups -OCH3 is 2. The molecule has 2 fully saturated rings. The van der Waals surface area contributed by atoms with E-state index in [2.05, 4.69) is 39.0 Å². The molecule has 3 aliphatic heterocycles. The van der Waals surface area contributed by atoms with Gasteiger partial charge in [0.1, 0.15) is 0 Å². The normalized spacial score (nSPS) is 17.4. The Hall–Kier alpha value is -3.66. The van der Waals surface area contributed by atoms with Gasteiger partial charge in [0.25, 0.3) is 16.7 Å². The lowest BCUT2D eigenvalue weighted by Gasteiger charge is -2.32. The van der Waals surface area contributed by atoms with Gasteiger partial charge in [-0.05, 0) is 65.0 Å². The van der Waals surface area contributed by atoms with E-state index in [4.69, 9.17) is 14.5 Å². The Balaban J connectivity index is 1.49. The largest absolute Gasteiger partial charge is 0.494 e. The summed E-state index contributed by atoms with van der Waals surface area (Å²) in [7, 11) is 7.52. The summed E-state index contributed by atoms with van der Waals surface area (Å²) < 4.78 is 13.3. The van der Waals surface area contributed by atoms with Gasteiger partial charge in [-0.2, -0.15) is 0 Å². The first-order valence-corrected chi connectivity index (χ1v) is 18.9. The first-order chi connectivity index (χ1) is 25.2. The van der Waals surface area contributed by atoms with Crippen molar-refractivity contribution in [1.29, 1.82) is 0 Å². The van der Waals surface area contributed by atoms with E-state index in [1.807, 2.05) is 0 Å². The van der Waals surface area contributed by atoms with Gasteiger partial charge < -0.3 is 39.5 Å². The number of hydrogen-bond donors (Lipinski definition) is 2. The number of pyridine rings is 2. The van der Waals surface area contributed by atoms with E-state index < -0.39 is 11.1 Å². The number of benzene rings is 2. The summed E-state index contributed by atoms with van der Waals surface area (Å²) >= 11 is 0. The second kappa shape index (κ2) is 17.4. The van der Waals surface area contributed by atoms with Crippen molar-refractivity contribution in [2.75, 3.05) is 125 Å². The zero-order valence-electron chi connectivity index (χ0n) is 31.4. The molecule has 52 heavy (non-hydrogen) atoms. The molecule has 0 amide bonds. The summed E-state index contributed by atoms with van der Waals surface area (Å²) in [4.78, 5) is 57.5. The molecule has 0 radical (unpaired) electrons. The van der Waals surface area contributed by atoms with Gasteiger partial charge in [-0.15, -0.1) is 0 Å². The number of piperazine rings is 2. The number of likely N-dealkylation sites (N-methyl/N-ethyl adjacent to an activating group) is 2. The number of nitrogens with zero attached hydrogens (tertiary/aromatic N) is 7. The summed E-state index contributed by atoms with van der Waals surface area (Å²) in [5, 5.41) is 17.2. The van der Waals surface area contributed by atoms with Crippen molar-refractivity contribution in [3.63, 3.8) is 0 Å². The van der Waals surface area contributed by atoms with Crippen molar-refractivity contribution in [2.24, 2.45) is 4.99 Å². The number of hydrogen-bond acceptors (Lipinski definition) is 12. The van der Waals surface area contributed by atoms with Crippen LogP contribution in [-0.4, -0.2) is 154 Å². The molecule has 0 spiro atoms. The molecule has 0 atom stereocenters. The van der Waals surface area contributed by atoms with Gasteiger partial charge in [-0.1, -0.05) is 0 Å². The smallest absolute Gasteiger partial charge is 0.263 e. The maximum Gasteiger partial charge on any atom is 0.263 e. The average molecular weight is 721 g/mol. The molecule has 1 aromatic heterocycles. The number of aromatic hydroxyl groups is 1. The molecule has 4 heterocycles. The minimum absolute atomic E-state index is 0.167. The van der Waals surface area contributed by atoms with E-state index in [1.165, 1.54) is 9.13 Å². The molecule has 0 unspecified atom stereocenters. The number of ether oxygens (including phenoxy) is 2. The summed E-state index contributed by atoms with van der Waals surface area (Å²) in [5.74, 6) is -0.167. The molecular formula is C38H56N8O6. The second-order valence-electron chi connectivity index (χ2n) is 14.5. The number of anilines is 1. The molecule has 2 aromatic rings. The number of rotatable bonds is 17. The predicted molar refractivity (Wildman–Crippen MR) is 206 cm³/mol. The van der Waals surface area contributed by atoms with Crippen molar-refractivity contribution in [1.82, 2.24) is 28.7 Å². The van der Waals surface area contributed by atoms with E-state index >= 15 is 0 Å². The molecule has 1 aromatic carbocycles. The fourth-order valence-electron chi connectivity index (χ4n) is 7.72. The molecule has 284 valence electrons. The highest BCUT2D eigenvalue weighted by atomic mass is 16.5. The minimum atomic E-state index is -0.403. The summed E-state index contributed by atoms with van der Waals surface area (Å²) in [5.41, 5.74) is 0.0788. The van der Waals surface area contributed by atoms with E-state index in [0.717, 1.165) is 65.4 Å². The Morgan fingerprint density at radius 2 is 1.27 bits per heavy atom. The maximum absolute atomic E-state index is 14.5. The van der Waals surface area contributed by atoms with Crippen molar-refractivity contribution >= 4 is 27.2 Å². The Morgan fingerprint density at radius 3 is 1.88 bits per heavy atom. The Labute approximate surface area is 304 Å². The van der Waals surface area contributed by atoms with Crippen LogP contribution in [0.2, 0.25) is 0 Å². The van der Waals surface area contributed by atoms with Crippen LogP contribution in [0, 0.1) is 0 Å². The zero-order valence-corrected chi connectivity index (χ0v) is 31.4. The molecule has 4 aliphatic rings. The van der Waals surface area contributed by atoms with Crippen molar-refractivity contribution in [3.05, 3.63) is 48.6 Å². The van der Waals surface area contributed by atoms with E-state index in [0.29, 0.717) is 102 Å². The summed E-state index contributed by atoms with van der Waals surface area (Å²) in [6, 6.07) is 3.47. The topological polar surface area (TPSA) is 137 Å². The van der Waals surface area contributed by atoms with Gasteiger partial charge in [-0.3, -0.25) is 28.5 Å². The first kappa shape index (κ1) is 38.1. The van der Waals surface area contributed by atoms with Crippen molar-refractivity contribution in [3.8, 4) is 17.0 Å². The van der Waals surface area contributed by atoms with E-state index in [-0.39, 0.29) is 18.0 Å². The third-order valence-corrected chi connectivity index (χ3v) is 10.8. The molecule has 0 bridgehead atoms. The van der Waals surface area contributed by atoms with Crippen molar-refractivity contribution < 1.29 is 14.6 Å². The highest BCUT2D eigenvalue weighted by molar-refractivity contribution is 6.18. The van der Waals surface area contributed by atoms with Gasteiger partial charge in [0.15, 0.2) is 0 Å². The first-order valence-electron chi connectivity index (χ1n) is 18.9. The highest BCUT2D eigenvalue weighted by Gasteiger charge is 2.29. The van der Waals surface area contributed by atoms with Gasteiger partial charge in [0.05, 0.1) is 21.7 Å². The zero-order chi connectivity index (χ0) is 36.8. The van der Waals surface area contributed by atoms with Crippen LogP contribution in [0.1, 0.15) is 25.7 Å².